The summed E-state index contributed by atoms with van der Waals surface area (Å²) in [6.07, 6.45) is 2.81. The number of nitrogens with one attached hydrogen (secondary N) is 1. The highest BCUT2D eigenvalue weighted by Crippen LogP contribution is 2.15. The molecule has 0 aromatic carbocycles. The van der Waals surface area contributed by atoms with E-state index in [2.05, 4.69) is 35.1 Å². The number of hydrogen-bond acceptors (Lipinski definition) is 2. The van der Waals surface area contributed by atoms with Gasteiger partial charge in [0, 0.05) is 11.9 Å². The highest BCUT2D eigenvalue weighted by atomic mass is 15.1. The molecule has 0 atom stereocenters. The number of aromatic amines is 1. The molecule has 3 nitrogen and oxygen atoms in total. The zero-order valence-electron chi connectivity index (χ0n) is 9.07. The van der Waals surface area contributed by atoms with Gasteiger partial charge >= 0.3 is 0 Å². The van der Waals surface area contributed by atoms with Gasteiger partial charge in [-0.1, -0.05) is 19.9 Å². The topological polar surface area (TPSA) is 41.6 Å². The Balaban J connectivity index is 2.21. The molecule has 78 valence electrons. The molecule has 0 aliphatic heterocycles. The van der Waals surface area contributed by atoms with Crippen LogP contribution in [0.25, 0.3) is 11.4 Å². The average Bonchev–Trinajstić information content (AvgIpc) is 2.67. The van der Waals surface area contributed by atoms with Gasteiger partial charge in [-0.3, -0.25) is 10.1 Å². The van der Waals surface area contributed by atoms with Crippen molar-refractivity contribution in [1.82, 2.24) is 15.2 Å². The molecule has 0 saturated heterocycles. The lowest BCUT2D eigenvalue weighted by molar-refractivity contribution is 0.633. The first-order valence-corrected chi connectivity index (χ1v) is 5.21. The Morgan fingerprint density at radius 1 is 1.27 bits per heavy atom. The maximum atomic E-state index is 4.26. The lowest BCUT2D eigenvalue weighted by atomic mass is 10.1. The maximum absolute atomic E-state index is 4.26. The second-order valence-corrected chi connectivity index (χ2v) is 4.09. The lowest BCUT2D eigenvalue weighted by Crippen LogP contribution is -1.93. The van der Waals surface area contributed by atoms with Gasteiger partial charge in [0.2, 0.25) is 0 Å². The van der Waals surface area contributed by atoms with E-state index in [-0.39, 0.29) is 0 Å². The van der Waals surface area contributed by atoms with Gasteiger partial charge in [0.25, 0.3) is 0 Å². The minimum absolute atomic E-state index is 0.641. The predicted molar refractivity (Wildman–Crippen MR) is 60.4 cm³/mol. The fourth-order valence-corrected chi connectivity index (χ4v) is 1.55. The van der Waals surface area contributed by atoms with Gasteiger partial charge in [0.05, 0.1) is 5.69 Å². The molecule has 0 aliphatic carbocycles. The molecule has 0 aliphatic rings. The number of pyridine rings is 1. The predicted octanol–water partition coefficient (Wildman–Crippen LogP) is 2.67. The van der Waals surface area contributed by atoms with E-state index in [0.29, 0.717) is 5.92 Å². The van der Waals surface area contributed by atoms with E-state index in [4.69, 9.17) is 0 Å². The summed E-state index contributed by atoms with van der Waals surface area (Å²) in [5.74, 6) is 0.641. The number of rotatable bonds is 3. The summed E-state index contributed by atoms with van der Waals surface area (Å²) < 4.78 is 0. The standard InChI is InChI=1S/C12H15N3/c1-9(2)7-10-8-12(15-14-10)11-5-3-4-6-13-11/h3-6,8-9H,7H2,1-2H3,(H,14,15). The van der Waals surface area contributed by atoms with Crippen molar-refractivity contribution in [2.75, 3.05) is 0 Å². The van der Waals surface area contributed by atoms with Crippen molar-refractivity contribution in [2.24, 2.45) is 5.92 Å². The summed E-state index contributed by atoms with van der Waals surface area (Å²) in [7, 11) is 0. The van der Waals surface area contributed by atoms with E-state index in [1.807, 2.05) is 18.2 Å². The molecule has 2 rings (SSSR count). The van der Waals surface area contributed by atoms with Crippen LogP contribution >= 0.6 is 0 Å². The van der Waals surface area contributed by atoms with E-state index >= 15 is 0 Å². The Bertz CT molecular complexity index is 417. The normalized spacial score (nSPS) is 10.9. The van der Waals surface area contributed by atoms with Crippen molar-refractivity contribution in [2.45, 2.75) is 20.3 Å². The summed E-state index contributed by atoms with van der Waals surface area (Å²) in [5.41, 5.74) is 3.01. The van der Waals surface area contributed by atoms with Crippen molar-refractivity contribution in [3.63, 3.8) is 0 Å². The number of nitrogens with zero attached hydrogens (tertiary/aromatic N) is 2. The molecule has 0 spiro atoms. The fourth-order valence-electron chi connectivity index (χ4n) is 1.55. The molecule has 0 saturated carbocycles. The van der Waals surface area contributed by atoms with E-state index in [0.717, 1.165) is 17.8 Å². The van der Waals surface area contributed by atoms with Crippen molar-refractivity contribution >= 4 is 0 Å². The van der Waals surface area contributed by atoms with Gasteiger partial charge in [-0.15, -0.1) is 0 Å². The number of aromatic nitrogens is 3. The molecular formula is C12H15N3. The molecule has 0 unspecified atom stereocenters. The fraction of sp³-hybridized carbons (Fsp3) is 0.333. The maximum Gasteiger partial charge on any atom is 0.111 e. The number of H-pyrrole nitrogens is 1. The first-order chi connectivity index (χ1) is 7.25. The zero-order valence-corrected chi connectivity index (χ0v) is 9.07. The van der Waals surface area contributed by atoms with Crippen LogP contribution in [0.4, 0.5) is 0 Å². The Morgan fingerprint density at radius 3 is 2.80 bits per heavy atom. The Kier molecular flexibility index (Phi) is 2.81. The van der Waals surface area contributed by atoms with Crippen LogP contribution in [0.2, 0.25) is 0 Å². The van der Waals surface area contributed by atoms with Gasteiger partial charge < -0.3 is 0 Å². The van der Waals surface area contributed by atoms with Crippen molar-refractivity contribution in [1.29, 1.82) is 0 Å². The van der Waals surface area contributed by atoms with Gasteiger partial charge in [-0.2, -0.15) is 5.10 Å². The first kappa shape index (κ1) is 9.90. The summed E-state index contributed by atoms with van der Waals surface area (Å²) in [6.45, 7) is 4.39. The van der Waals surface area contributed by atoms with Crippen LogP contribution < -0.4 is 0 Å². The first-order valence-electron chi connectivity index (χ1n) is 5.21. The quantitative estimate of drug-likeness (QED) is 0.829. The van der Waals surface area contributed by atoms with Crippen LogP contribution in [0.15, 0.2) is 30.5 Å². The molecule has 3 heteroatoms. The molecule has 0 amide bonds. The SMILES string of the molecule is CC(C)Cc1cc(-c2ccccn2)n[nH]1. The van der Waals surface area contributed by atoms with Crippen LogP contribution in [0.3, 0.4) is 0 Å². The largest absolute Gasteiger partial charge is 0.282 e. The smallest absolute Gasteiger partial charge is 0.111 e. The molecule has 2 aromatic rings. The lowest BCUT2D eigenvalue weighted by Gasteiger charge is -1.98. The van der Waals surface area contributed by atoms with Gasteiger partial charge in [0.15, 0.2) is 0 Å². The molecule has 15 heavy (non-hydrogen) atoms. The Labute approximate surface area is 89.6 Å². The second kappa shape index (κ2) is 4.26. The zero-order chi connectivity index (χ0) is 10.7. The Morgan fingerprint density at radius 2 is 2.13 bits per heavy atom. The molecule has 0 radical (unpaired) electrons. The third-order valence-corrected chi connectivity index (χ3v) is 2.19. The third-order valence-electron chi connectivity index (χ3n) is 2.19. The molecule has 2 aromatic heterocycles. The molecule has 2 heterocycles. The van der Waals surface area contributed by atoms with Gasteiger partial charge in [-0.05, 0) is 30.5 Å². The highest BCUT2D eigenvalue weighted by molar-refractivity contribution is 5.53. The molecule has 1 N–H and O–H groups in total. The summed E-state index contributed by atoms with van der Waals surface area (Å²) in [6, 6.07) is 7.92. The third kappa shape index (κ3) is 2.43. The minimum atomic E-state index is 0.641. The van der Waals surface area contributed by atoms with Crippen molar-refractivity contribution in [3.05, 3.63) is 36.2 Å². The number of hydrogen-bond donors (Lipinski definition) is 1. The van der Waals surface area contributed by atoms with Gasteiger partial charge in [-0.25, -0.2) is 0 Å². The van der Waals surface area contributed by atoms with E-state index in [9.17, 15) is 0 Å². The van der Waals surface area contributed by atoms with Gasteiger partial charge in [0.1, 0.15) is 5.69 Å². The average molecular weight is 201 g/mol. The highest BCUT2D eigenvalue weighted by Gasteiger charge is 2.05. The second-order valence-electron chi connectivity index (χ2n) is 4.09. The van der Waals surface area contributed by atoms with E-state index < -0.39 is 0 Å². The Hall–Kier alpha value is -1.64. The van der Waals surface area contributed by atoms with Crippen LogP contribution in [0.5, 0.6) is 0 Å². The monoisotopic (exact) mass is 201 g/mol. The molecule has 0 fully saturated rings. The van der Waals surface area contributed by atoms with Crippen molar-refractivity contribution in [3.8, 4) is 11.4 Å². The van der Waals surface area contributed by atoms with Crippen molar-refractivity contribution < 1.29 is 0 Å². The summed E-state index contributed by atoms with van der Waals surface area (Å²) in [4.78, 5) is 4.26. The summed E-state index contributed by atoms with van der Waals surface area (Å²) >= 11 is 0. The van der Waals surface area contributed by atoms with E-state index in [1.54, 1.807) is 6.20 Å². The van der Waals surface area contributed by atoms with E-state index in [1.165, 1.54) is 5.69 Å². The minimum Gasteiger partial charge on any atom is -0.282 e. The summed E-state index contributed by atoms with van der Waals surface area (Å²) in [5, 5.41) is 7.30. The van der Waals surface area contributed by atoms with Crippen LogP contribution in [0, 0.1) is 5.92 Å². The van der Waals surface area contributed by atoms with Crippen LogP contribution in [-0.2, 0) is 6.42 Å². The van der Waals surface area contributed by atoms with Crippen LogP contribution in [-0.4, -0.2) is 15.2 Å². The molecule has 0 bridgehead atoms. The molecular weight excluding hydrogens is 186 g/mol. The van der Waals surface area contributed by atoms with Crippen LogP contribution in [0.1, 0.15) is 19.5 Å².